The number of carbonyl (C=O) groups is 1. The van der Waals surface area contributed by atoms with E-state index >= 15 is 0 Å². The number of halogens is 2. The molecular formula is C16H20ClFN2O3S. The molecule has 3 rings (SSSR count). The average Bonchev–Trinajstić information content (AvgIpc) is 2.90. The van der Waals surface area contributed by atoms with Crippen LogP contribution in [0.5, 0.6) is 0 Å². The molecule has 24 heavy (non-hydrogen) atoms. The Bertz CT molecular complexity index is 733. The van der Waals surface area contributed by atoms with Crippen LogP contribution < -0.4 is 5.32 Å². The Morgan fingerprint density at radius 2 is 1.96 bits per heavy atom. The van der Waals surface area contributed by atoms with Gasteiger partial charge in [0.2, 0.25) is 0 Å². The number of nitrogens with zero attached hydrogens (tertiary/aromatic N) is 1. The summed E-state index contributed by atoms with van der Waals surface area (Å²) in [5.41, 5.74) is -0.0492. The number of hydrogen-bond acceptors (Lipinski definition) is 4. The van der Waals surface area contributed by atoms with Gasteiger partial charge in [0.1, 0.15) is 5.82 Å². The maximum atomic E-state index is 13.7. The van der Waals surface area contributed by atoms with E-state index in [0.29, 0.717) is 11.4 Å². The highest BCUT2D eigenvalue weighted by molar-refractivity contribution is 7.91. The normalized spacial score (nSPS) is 24.8. The van der Waals surface area contributed by atoms with E-state index in [4.69, 9.17) is 11.6 Å². The predicted molar refractivity (Wildman–Crippen MR) is 90.5 cm³/mol. The highest BCUT2D eigenvalue weighted by Crippen LogP contribution is 2.22. The zero-order chi connectivity index (χ0) is 17.3. The van der Waals surface area contributed by atoms with Gasteiger partial charge in [0.25, 0.3) is 5.91 Å². The fourth-order valence-corrected chi connectivity index (χ4v) is 5.34. The number of benzene rings is 1. The van der Waals surface area contributed by atoms with Crippen LogP contribution in [-0.4, -0.2) is 55.9 Å². The van der Waals surface area contributed by atoms with Crippen molar-refractivity contribution in [2.45, 2.75) is 31.3 Å². The van der Waals surface area contributed by atoms with Crippen molar-refractivity contribution in [1.29, 1.82) is 0 Å². The summed E-state index contributed by atoms with van der Waals surface area (Å²) < 4.78 is 36.9. The minimum atomic E-state index is -2.89. The fourth-order valence-electron chi connectivity index (χ4n) is 3.41. The van der Waals surface area contributed by atoms with Gasteiger partial charge in [0.05, 0.1) is 17.1 Å². The van der Waals surface area contributed by atoms with Gasteiger partial charge in [-0.15, -0.1) is 0 Å². The Morgan fingerprint density at radius 3 is 2.58 bits per heavy atom. The largest absolute Gasteiger partial charge is 0.349 e. The molecule has 0 unspecified atom stereocenters. The van der Waals surface area contributed by atoms with Crippen molar-refractivity contribution in [3.63, 3.8) is 0 Å². The Kier molecular flexibility index (Phi) is 5.13. The number of piperidine rings is 1. The number of carbonyl (C=O) groups excluding carboxylic acids is 1. The number of hydrogen-bond donors (Lipinski definition) is 1. The van der Waals surface area contributed by atoms with Crippen LogP contribution in [0.2, 0.25) is 5.02 Å². The van der Waals surface area contributed by atoms with E-state index in [1.54, 1.807) is 0 Å². The second-order valence-electron chi connectivity index (χ2n) is 6.46. The van der Waals surface area contributed by atoms with Crippen molar-refractivity contribution >= 4 is 27.3 Å². The van der Waals surface area contributed by atoms with E-state index in [2.05, 4.69) is 10.2 Å². The number of likely N-dealkylation sites (tertiary alicyclic amines) is 1. The van der Waals surface area contributed by atoms with E-state index in [9.17, 15) is 17.6 Å². The fraction of sp³-hybridized carbons (Fsp3) is 0.562. The Hall–Kier alpha value is -1.18. The number of nitrogens with one attached hydrogen (secondary N) is 1. The summed E-state index contributed by atoms with van der Waals surface area (Å²) >= 11 is 5.82. The van der Waals surface area contributed by atoms with Gasteiger partial charge in [-0.25, -0.2) is 12.8 Å². The molecule has 132 valence electrons. The first-order valence-corrected chi connectivity index (χ1v) is 10.2. The summed E-state index contributed by atoms with van der Waals surface area (Å²) in [4.78, 5) is 14.4. The van der Waals surface area contributed by atoms with Crippen molar-refractivity contribution in [1.82, 2.24) is 10.2 Å². The first-order chi connectivity index (χ1) is 11.3. The monoisotopic (exact) mass is 374 g/mol. The number of amides is 1. The SMILES string of the molecule is O=C(NC1CCN([C@@H]2CCS(=O)(=O)C2)CC1)c1cc(Cl)ccc1F. The minimum Gasteiger partial charge on any atom is -0.349 e. The van der Waals surface area contributed by atoms with Crippen LogP contribution in [0.3, 0.4) is 0 Å². The van der Waals surface area contributed by atoms with E-state index in [0.717, 1.165) is 25.9 Å². The van der Waals surface area contributed by atoms with Crippen LogP contribution in [0.1, 0.15) is 29.6 Å². The summed E-state index contributed by atoms with van der Waals surface area (Å²) in [5.74, 6) is -0.553. The molecule has 1 aromatic rings. The molecule has 8 heteroatoms. The van der Waals surface area contributed by atoms with Crippen LogP contribution >= 0.6 is 11.6 Å². The van der Waals surface area contributed by atoms with E-state index in [1.807, 2.05) is 0 Å². The molecule has 1 aromatic carbocycles. The smallest absolute Gasteiger partial charge is 0.254 e. The van der Waals surface area contributed by atoms with Gasteiger partial charge >= 0.3 is 0 Å². The molecule has 0 aliphatic carbocycles. The van der Waals surface area contributed by atoms with Crippen LogP contribution in [0.15, 0.2) is 18.2 Å². The maximum absolute atomic E-state index is 13.7. The van der Waals surface area contributed by atoms with Gasteiger partial charge in [-0.05, 0) is 37.5 Å². The zero-order valence-electron chi connectivity index (χ0n) is 13.2. The molecule has 1 amide bonds. The lowest BCUT2D eigenvalue weighted by Crippen LogP contribution is -2.48. The molecule has 1 atom stereocenters. The van der Waals surface area contributed by atoms with Crippen LogP contribution in [0.4, 0.5) is 4.39 Å². The van der Waals surface area contributed by atoms with Crippen molar-refractivity contribution < 1.29 is 17.6 Å². The molecule has 0 bridgehead atoms. The second-order valence-corrected chi connectivity index (χ2v) is 9.13. The quantitative estimate of drug-likeness (QED) is 0.877. The molecule has 0 spiro atoms. The lowest BCUT2D eigenvalue weighted by molar-refractivity contribution is 0.0894. The first kappa shape index (κ1) is 17.6. The van der Waals surface area contributed by atoms with Gasteiger partial charge in [-0.3, -0.25) is 9.69 Å². The Labute approximate surface area is 146 Å². The third-order valence-corrected chi connectivity index (χ3v) is 6.75. The maximum Gasteiger partial charge on any atom is 0.254 e. The summed E-state index contributed by atoms with van der Waals surface area (Å²) in [6.07, 6.45) is 2.14. The average molecular weight is 375 g/mol. The molecule has 1 N–H and O–H groups in total. The molecule has 5 nitrogen and oxygen atoms in total. The van der Waals surface area contributed by atoms with Gasteiger partial charge < -0.3 is 5.32 Å². The molecule has 0 aromatic heterocycles. The second kappa shape index (κ2) is 6.98. The van der Waals surface area contributed by atoms with Gasteiger partial charge in [-0.2, -0.15) is 0 Å². The van der Waals surface area contributed by atoms with Crippen molar-refractivity contribution in [3.05, 3.63) is 34.6 Å². The van der Waals surface area contributed by atoms with Crippen molar-refractivity contribution in [3.8, 4) is 0 Å². The summed E-state index contributed by atoms with van der Waals surface area (Å²) in [6.45, 7) is 1.48. The molecule has 0 radical (unpaired) electrons. The van der Waals surface area contributed by atoms with E-state index in [1.165, 1.54) is 18.2 Å². The Morgan fingerprint density at radius 1 is 1.25 bits per heavy atom. The highest BCUT2D eigenvalue weighted by atomic mass is 35.5. The van der Waals surface area contributed by atoms with Crippen LogP contribution in [0, 0.1) is 5.82 Å². The van der Waals surface area contributed by atoms with Gasteiger partial charge in [0, 0.05) is 30.2 Å². The summed E-state index contributed by atoms with van der Waals surface area (Å²) in [5, 5.41) is 3.17. The third-order valence-electron chi connectivity index (χ3n) is 4.76. The summed E-state index contributed by atoms with van der Waals surface area (Å²) in [7, 11) is -2.89. The molecular weight excluding hydrogens is 355 g/mol. The minimum absolute atomic E-state index is 0.0369. The van der Waals surface area contributed by atoms with Crippen molar-refractivity contribution in [2.24, 2.45) is 0 Å². The van der Waals surface area contributed by atoms with Crippen LogP contribution in [-0.2, 0) is 9.84 Å². The van der Waals surface area contributed by atoms with Crippen LogP contribution in [0.25, 0.3) is 0 Å². The first-order valence-electron chi connectivity index (χ1n) is 8.04. The summed E-state index contributed by atoms with van der Waals surface area (Å²) in [6, 6.07) is 3.97. The number of sulfone groups is 1. The van der Waals surface area contributed by atoms with E-state index in [-0.39, 0.29) is 29.2 Å². The lowest BCUT2D eigenvalue weighted by atomic mass is 10.0. The molecule has 2 aliphatic rings. The van der Waals surface area contributed by atoms with Crippen molar-refractivity contribution in [2.75, 3.05) is 24.6 Å². The standard InChI is InChI=1S/C16H20ClFN2O3S/c17-11-1-2-15(18)14(9-11)16(21)19-12-3-6-20(7-4-12)13-5-8-24(22,23)10-13/h1-2,9,12-13H,3-8,10H2,(H,19,21)/t13-/m1/s1. The highest BCUT2D eigenvalue weighted by Gasteiger charge is 2.34. The third kappa shape index (κ3) is 4.07. The van der Waals surface area contributed by atoms with Gasteiger partial charge in [-0.1, -0.05) is 11.6 Å². The number of rotatable bonds is 3. The Balaban J connectivity index is 1.54. The topological polar surface area (TPSA) is 66.5 Å². The van der Waals surface area contributed by atoms with E-state index < -0.39 is 21.6 Å². The lowest BCUT2D eigenvalue weighted by Gasteiger charge is -2.35. The van der Waals surface area contributed by atoms with Gasteiger partial charge in [0.15, 0.2) is 9.84 Å². The predicted octanol–water partition coefficient (Wildman–Crippen LogP) is 1.86. The molecule has 2 saturated heterocycles. The molecule has 0 saturated carbocycles. The molecule has 2 heterocycles. The zero-order valence-corrected chi connectivity index (χ0v) is 14.7. The molecule has 2 aliphatic heterocycles. The molecule has 2 fully saturated rings.